The molecule has 1 amide bonds. The Balaban J connectivity index is 1.31. The summed E-state index contributed by atoms with van der Waals surface area (Å²) >= 11 is 2.62. The number of nitrogens with zero attached hydrogens (tertiary/aromatic N) is 4. The van der Waals surface area contributed by atoms with E-state index in [1.165, 1.54) is 23.1 Å². The van der Waals surface area contributed by atoms with Crippen molar-refractivity contribution >= 4 is 66.9 Å². The van der Waals surface area contributed by atoms with Crippen LogP contribution in [0.2, 0.25) is 0 Å². The van der Waals surface area contributed by atoms with Gasteiger partial charge >= 0.3 is 5.97 Å². The summed E-state index contributed by atoms with van der Waals surface area (Å²) in [4.78, 5) is 28.9. The topological polar surface area (TPSA) is 98.5 Å². The zero-order chi connectivity index (χ0) is 22.1. The van der Waals surface area contributed by atoms with Gasteiger partial charge in [0.25, 0.3) is 0 Å². The van der Waals surface area contributed by atoms with Crippen molar-refractivity contribution in [3.8, 4) is 0 Å². The van der Waals surface area contributed by atoms with E-state index < -0.39 is 0 Å². The second kappa shape index (κ2) is 8.56. The number of para-hydroxylation sites is 1. The molecular formula is C22H17N5O3S2. The number of thioether (sulfide) groups is 1. The van der Waals surface area contributed by atoms with Gasteiger partial charge in [-0.1, -0.05) is 41.3 Å². The number of carbonyl (C=O) groups is 2. The second-order valence-electron chi connectivity index (χ2n) is 6.83. The van der Waals surface area contributed by atoms with Crippen LogP contribution in [0.25, 0.3) is 26.8 Å². The van der Waals surface area contributed by atoms with Crippen molar-refractivity contribution < 1.29 is 14.3 Å². The Labute approximate surface area is 190 Å². The summed E-state index contributed by atoms with van der Waals surface area (Å²) in [5.41, 5.74) is 2.89. The van der Waals surface area contributed by atoms with Gasteiger partial charge in [0, 0.05) is 0 Å². The molecular weight excluding hydrogens is 446 g/mol. The molecule has 8 nitrogen and oxygen atoms in total. The lowest BCUT2D eigenvalue weighted by Gasteiger charge is -2.04. The van der Waals surface area contributed by atoms with Gasteiger partial charge in [0.2, 0.25) is 5.91 Å². The van der Waals surface area contributed by atoms with Crippen LogP contribution in [-0.2, 0) is 9.53 Å². The first kappa shape index (κ1) is 20.4. The van der Waals surface area contributed by atoms with Crippen LogP contribution in [0.1, 0.15) is 17.3 Å². The molecule has 0 saturated carbocycles. The largest absolute Gasteiger partial charge is 0.462 e. The summed E-state index contributed by atoms with van der Waals surface area (Å²) in [5.74, 6) is -0.414. The molecule has 0 aliphatic carbocycles. The van der Waals surface area contributed by atoms with Crippen LogP contribution in [-0.4, -0.2) is 43.8 Å². The fourth-order valence-electron chi connectivity index (χ4n) is 3.31. The summed E-state index contributed by atoms with van der Waals surface area (Å²) in [6.07, 6.45) is 0. The van der Waals surface area contributed by atoms with Gasteiger partial charge in [-0.15, -0.1) is 10.2 Å². The van der Waals surface area contributed by atoms with Gasteiger partial charge in [-0.2, -0.15) is 0 Å². The number of aromatic nitrogens is 4. The number of rotatable bonds is 6. The van der Waals surface area contributed by atoms with Crippen molar-refractivity contribution in [1.82, 2.24) is 19.6 Å². The van der Waals surface area contributed by atoms with Crippen LogP contribution >= 0.6 is 23.1 Å². The molecule has 10 heteroatoms. The predicted octanol–water partition coefficient (Wildman–Crippen LogP) is 4.40. The fraction of sp³-hybridized carbons (Fsp3) is 0.136. The molecule has 0 atom stereocenters. The Hall–Kier alpha value is -3.50. The van der Waals surface area contributed by atoms with Crippen LogP contribution in [0.4, 0.5) is 5.13 Å². The Morgan fingerprint density at radius 3 is 2.88 bits per heavy atom. The van der Waals surface area contributed by atoms with Crippen LogP contribution in [0.5, 0.6) is 0 Å². The van der Waals surface area contributed by atoms with Gasteiger partial charge in [0.15, 0.2) is 15.9 Å². The van der Waals surface area contributed by atoms with E-state index in [0.29, 0.717) is 28.0 Å². The van der Waals surface area contributed by atoms with E-state index in [0.717, 1.165) is 21.3 Å². The van der Waals surface area contributed by atoms with E-state index in [2.05, 4.69) is 20.5 Å². The van der Waals surface area contributed by atoms with E-state index >= 15 is 0 Å². The van der Waals surface area contributed by atoms with Crippen molar-refractivity contribution in [2.75, 3.05) is 17.7 Å². The quantitative estimate of drug-likeness (QED) is 0.294. The number of esters is 1. The van der Waals surface area contributed by atoms with E-state index in [1.807, 2.05) is 40.8 Å². The average molecular weight is 464 g/mol. The number of fused-ring (bicyclic) bond motifs is 4. The van der Waals surface area contributed by atoms with E-state index in [9.17, 15) is 9.59 Å². The second-order valence-corrected chi connectivity index (χ2v) is 8.80. The van der Waals surface area contributed by atoms with Crippen LogP contribution in [0.15, 0.2) is 59.8 Å². The molecule has 0 spiro atoms. The summed E-state index contributed by atoms with van der Waals surface area (Å²) in [6.45, 7) is 2.08. The normalized spacial score (nSPS) is 11.3. The minimum atomic E-state index is -0.377. The van der Waals surface area contributed by atoms with Gasteiger partial charge in [-0.3, -0.25) is 9.20 Å². The first-order valence-electron chi connectivity index (χ1n) is 9.85. The molecule has 0 unspecified atom stereocenters. The molecule has 1 N–H and O–H groups in total. The fourth-order valence-corrected chi connectivity index (χ4v) is 4.98. The van der Waals surface area contributed by atoms with Crippen LogP contribution in [0.3, 0.4) is 0 Å². The monoisotopic (exact) mass is 463 g/mol. The lowest BCUT2D eigenvalue weighted by molar-refractivity contribution is -0.113. The van der Waals surface area contributed by atoms with Gasteiger partial charge < -0.3 is 10.1 Å². The molecule has 3 heterocycles. The molecule has 32 heavy (non-hydrogen) atoms. The smallest absolute Gasteiger partial charge is 0.338 e. The van der Waals surface area contributed by atoms with Crippen molar-refractivity contribution in [2.45, 2.75) is 12.1 Å². The molecule has 0 aliphatic heterocycles. The van der Waals surface area contributed by atoms with Gasteiger partial charge in [-0.25, -0.2) is 9.78 Å². The minimum absolute atomic E-state index is 0.161. The van der Waals surface area contributed by atoms with Gasteiger partial charge in [-0.05, 0) is 48.7 Å². The first-order chi connectivity index (χ1) is 15.6. The zero-order valence-corrected chi connectivity index (χ0v) is 18.6. The third-order valence-corrected chi connectivity index (χ3v) is 6.59. The molecule has 0 fully saturated rings. The number of thiazole rings is 1. The van der Waals surface area contributed by atoms with Crippen molar-refractivity contribution in [1.29, 1.82) is 0 Å². The van der Waals surface area contributed by atoms with E-state index in [4.69, 9.17) is 4.74 Å². The number of nitrogens with one attached hydrogen (secondary N) is 1. The van der Waals surface area contributed by atoms with Crippen LogP contribution < -0.4 is 5.32 Å². The van der Waals surface area contributed by atoms with Crippen molar-refractivity contribution in [3.05, 3.63) is 60.2 Å². The highest BCUT2D eigenvalue weighted by Crippen LogP contribution is 2.28. The first-order valence-corrected chi connectivity index (χ1v) is 11.7. The third kappa shape index (κ3) is 3.90. The Morgan fingerprint density at radius 2 is 2.00 bits per heavy atom. The zero-order valence-electron chi connectivity index (χ0n) is 16.9. The number of hydrogen-bond donors (Lipinski definition) is 1. The molecule has 0 radical (unpaired) electrons. The van der Waals surface area contributed by atoms with Crippen molar-refractivity contribution in [3.63, 3.8) is 0 Å². The summed E-state index contributed by atoms with van der Waals surface area (Å²) in [5, 5.41) is 13.5. The maximum atomic E-state index is 12.5. The number of hydrogen-bond acceptors (Lipinski definition) is 8. The Morgan fingerprint density at radius 1 is 1.12 bits per heavy atom. The third-order valence-electron chi connectivity index (χ3n) is 4.73. The molecule has 2 aromatic carbocycles. The lowest BCUT2D eigenvalue weighted by atomic mass is 10.2. The number of anilines is 1. The molecule has 160 valence electrons. The van der Waals surface area contributed by atoms with Crippen LogP contribution in [0, 0.1) is 0 Å². The number of benzene rings is 2. The highest BCUT2D eigenvalue weighted by atomic mass is 32.2. The average Bonchev–Trinajstić information content (AvgIpc) is 3.40. The summed E-state index contributed by atoms with van der Waals surface area (Å²) < 4.78 is 7.78. The highest BCUT2D eigenvalue weighted by molar-refractivity contribution is 7.99. The number of amides is 1. The number of ether oxygens (including phenoxy) is 1. The highest BCUT2D eigenvalue weighted by Gasteiger charge is 2.14. The SMILES string of the molecule is CCOC(=O)c1ccc2nc(NC(=O)CSc3nnc4ccc5ccccc5n34)sc2c1. The lowest BCUT2D eigenvalue weighted by Crippen LogP contribution is -2.14. The summed E-state index contributed by atoms with van der Waals surface area (Å²) in [6, 6.07) is 17.0. The Bertz CT molecular complexity index is 1480. The maximum absolute atomic E-state index is 12.5. The van der Waals surface area contributed by atoms with E-state index in [1.54, 1.807) is 25.1 Å². The molecule has 3 aromatic heterocycles. The molecule has 5 aromatic rings. The Kier molecular flexibility index (Phi) is 5.46. The van der Waals surface area contributed by atoms with E-state index in [-0.39, 0.29) is 17.6 Å². The summed E-state index contributed by atoms with van der Waals surface area (Å²) in [7, 11) is 0. The number of carbonyl (C=O) groups excluding carboxylic acids is 2. The molecule has 0 bridgehead atoms. The van der Waals surface area contributed by atoms with Gasteiger partial charge in [0.05, 0.1) is 33.7 Å². The number of pyridine rings is 1. The molecule has 0 aliphatic rings. The van der Waals surface area contributed by atoms with Gasteiger partial charge in [0.1, 0.15) is 0 Å². The molecule has 5 rings (SSSR count). The minimum Gasteiger partial charge on any atom is -0.462 e. The predicted molar refractivity (Wildman–Crippen MR) is 125 cm³/mol. The van der Waals surface area contributed by atoms with Crippen molar-refractivity contribution in [2.24, 2.45) is 0 Å². The molecule has 0 saturated heterocycles. The standard InChI is InChI=1S/C22H17N5O3S2/c1-2-30-20(29)14-7-9-15-17(11-14)32-21(23-15)24-19(28)12-31-22-26-25-18-10-8-13-5-3-4-6-16(13)27(18)22/h3-11H,2,12H2,1H3,(H,23,24,28). The maximum Gasteiger partial charge on any atom is 0.338 e.